The Labute approximate surface area is 101 Å². The lowest BCUT2D eigenvalue weighted by Gasteiger charge is -2.30. The van der Waals surface area contributed by atoms with Crippen LogP contribution in [0.4, 0.5) is 0 Å². The van der Waals surface area contributed by atoms with Crippen LogP contribution in [0, 0.1) is 11.3 Å². The number of hydrogen-bond acceptors (Lipinski definition) is 3. The van der Waals surface area contributed by atoms with Gasteiger partial charge in [-0.25, -0.2) is 0 Å². The molecule has 3 nitrogen and oxygen atoms in total. The Morgan fingerprint density at radius 2 is 1.94 bits per heavy atom. The summed E-state index contributed by atoms with van der Waals surface area (Å²) < 4.78 is 5.01. The van der Waals surface area contributed by atoms with Crippen LogP contribution in [0.25, 0.3) is 0 Å². The van der Waals surface area contributed by atoms with Crippen LogP contribution in [0.3, 0.4) is 0 Å². The Hall–Kier alpha value is -0.120. The molecule has 0 bridgehead atoms. The molecular weight excluding hydrogens is 200 g/mol. The summed E-state index contributed by atoms with van der Waals surface area (Å²) in [5.41, 5.74) is 6.34. The van der Waals surface area contributed by atoms with E-state index in [1.165, 1.54) is 0 Å². The second-order valence-electron chi connectivity index (χ2n) is 5.67. The highest BCUT2D eigenvalue weighted by atomic mass is 16.5. The molecule has 0 saturated heterocycles. The monoisotopic (exact) mass is 230 g/mol. The minimum absolute atomic E-state index is 0.248. The molecule has 0 aromatic carbocycles. The Morgan fingerprint density at radius 1 is 1.31 bits per heavy atom. The van der Waals surface area contributed by atoms with Crippen molar-refractivity contribution in [1.29, 1.82) is 0 Å². The van der Waals surface area contributed by atoms with Gasteiger partial charge in [-0.1, -0.05) is 27.7 Å². The molecule has 98 valence electrons. The zero-order valence-corrected chi connectivity index (χ0v) is 11.7. The van der Waals surface area contributed by atoms with Crippen molar-refractivity contribution in [2.24, 2.45) is 17.1 Å². The molecule has 0 radical (unpaired) electrons. The summed E-state index contributed by atoms with van der Waals surface area (Å²) in [4.78, 5) is 0. The lowest BCUT2D eigenvalue weighted by atomic mass is 9.81. The largest absolute Gasteiger partial charge is 0.385 e. The second kappa shape index (κ2) is 8.04. The third kappa shape index (κ3) is 7.20. The average Bonchev–Trinajstić information content (AvgIpc) is 2.17. The van der Waals surface area contributed by atoms with E-state index in [2.05, 4.69) is 33.0 Å². The van der Waals surface area contributed by atoms with Crippen molar-refractivity contribution in [1.82, 2.24) is 5.32 Å². The molecule has 0 aliphatic carbocycles. The van der Waals surface area contributed by atoms with Crippen molar-refractivity contribution in [3.8, 4) is 0 Å². The van der Waals surface area contributed by atoms with Gasteiger partial charge in [-0.2, -0.15) is 0 Å². The maximum Gasteiger partial charge on any atom is 0.0462 e. The Kier molecular flexibility index (Phi) is 7.98. The molecule has 0 fully saturated rings. The zero-order valence-electron chi connectivity index (χ0n) is 11.7. The molecule has 0 aliphatic heterocycles. The van der Waals surface area contributed by atoms with Crippen molar-refractivity contribution in [2.45, 2.75) is 46.6 Å². The summed E-state index contributed by atoms with van der Waals surface area (Å²) in [6.45, 7) is 11.9. The van der Waals surface area contributed by atoms with Crippen LogP contribution in [0.2, 0.25) is 0 Å². The highest BCUT2D eigenvalue weighted by Crippen LogP contribution is 2.24. The van der Waals surface area contributed by atoms with Gasteiger partial charge in [0.25, 0.3) is 0 Å². The van der Waals surface area contributed by atoms with Gasteiger partial charge >= 0.3 is 0 Å². The fraction of sp³-hybridized carbons (Fsp3) is 1.00. The highest BCUT2D eigenvalue weighted by Gasteiger charge is 2.21. The summed E-state index contributed by atoms with van der Waals surface area (Å²) in [6.07, 6.45) is 2.08. The van der Waals surface area contributed by atoms with Crippen molar-refractivity contribution >= 4 is 0 Å². The predicted molar refractivity (Wildman–Crippen MR) is 70.6 cm³/mol. The molecule has 0 amide bonds. The minimum Gasteiger partial charge on any atom is -0.385 e. The van der Waals surface area contributed by atoms with Crippen LogP contribution >= 0.6 is 0 Å². The first kappa shape index (κ1) is 15.9. The number of methoxy groups -OCH3 is 1. The quantitative estimate of drug-likeness (QED) is 0.596. The number of nitrogens with one attached hydrogen (secondary N) is 1. The molecule has 0 spiro atoms. The van der Waals surface area contributed by atoms with Crippen LogP contribution in [0.15, 0.2) is 0 Å². The first-order chi connectivity index (χ1) is 7.40. The average molecular weight is 230 g/mol. The first-order valence-electron chi connectivity index (χ1n) is 6.35. The lowest BCUT2D eigenvalue weighted by molar-refractivity contribution is 0.189. The van der Waals surface area contributed by atoms with Crippen LogP contribution in [-0.2, 0) is 4.74 Å². The van der Waals surface area contributed by atoms with Crippen molar-refractivity contribution < 1.29 is 4.74 Å². The smallest absolute Gasteiger partial charge is 0.0462 e. The highest BCUT2D eigenvalue weighted by molar-refractivity contribution is 4.76. The van der Waals surface area contributed by atoms with E-state index in [9.17, 15) is 0 Å². The molecule has 16 heavy (non-hydrogen) atoms. The van der Waals surface area contributed by atoms with Gasteiger partial charge in [0.1, 0.15) is 0 Å². The third-order valence-corrected chi connectivity index (χ3v) is 3.47. The fourth-order valence-electron chi connectivity index (χ4n) is 1.38. The molecule has 3 heteroatoms. The van der Waals surface area contributed by atoms with E-state index >= 15 is 0 Å². The Morgan fingerprint density at radius 3 is 2.44 bits per heavy atom. The molecule has 0 rings (SSSR count). The number of rotatable bonds is 9. The van der Waals surface area contributed by atoms with Gasteiger partial charge in [0.05, 0.1) is 0 Å². The zero-order chi connectivity index (χ0) is 12.6. The molecule has 1 atom stereocenters. The first-order valence-corrected chi connectivity index (χ1v) is 6.35. The van der Waals surface area contributed by atoms with Gasteiger partial charge in [-0.15, -0.1) is 0 Å². The van der Waals surface area contributed by atoms with E-state index in [4.69, 9.17) is 10.5 Å². The van der Waals surface area contributed by atoms with Crippen LogP contribution in [0.1, 0.15) is 40.5 Å². The molecule has 0 saturated carbocycles. The van der Waals surface area contributed by atoms with Crippen molar-refractivity contribution in [3.05, 3.63) is 0 Å². The molecular formula is C13H30N2O. The maximum absolute atomic E-state index is 6.00. The Bertz CT molecular complexity index is 169. The van der Waals surface area contributed by atoms with E-state index in [1.54, 1.807) is 7.11 Å². The number of nitrogens with two attached hydrogens (primary N) is 1. The van der Waals surface area contributed by atoms with Gasteiger partial charge in [-0.05, 0) is 24.2 Å². The summed E-state index contributed by atoms with van der Waals surface area (Å²) in [6, 6.07) is 0.248. The molecule has 0 aromatic heterocycles. The third-order valence-electron chi connectivity index (χ3n) is 3.47. The molecule has 0 aromatic rings. The molecule has 3 N–H and O–H groups in total. The molecule has 0 heterocycles. The maximum atomic E-state index is 6.00. The molecule has 0 aliphatic rings. The number of hydrogen-bond donors (Lipinski definition) is 2. The fourth-order valence-corrected chi connectivity index (χ4v) is 1.38. The van der Waals surface area contributed by atoms with Crippen molar-refractivity contribution in [2.75, 3.05) is 26.8 Å². The minimum atomic E-state index is 0.248. The van der Waals surface area contributed by atoms with Crippen LogP contribution < -0.4 is 11.1 Å². The van der Waals surface area contributed by atoms with Gasteiger partial charge in [-0.3, -0.25) is 0 Å². The summed E-state index contributed by atoms with van der Waals surface area (Å²) >= 11 is 0. The van der Waals surface area contributed by atoms with Gasteiger partial charge in [0.15, 0.2) is 0 Å². The normalized spacial score (nSPS) is 14.4. The van der Waals surface area contributed by atoms with E-state index in [0.717, 1.165) is 32.5 Å². The van der Waals surface area contributed by atoms with Crippen LogP contribution in [-0.4, -0.2) is 32.8 Å². The van der Waals surface area contributed by atoms with E-state index in [0.29, 0.717) is 11.3 Å². The SMILES string of the molecule is COCCCC(N)CNCC(C)(C)C(C)C. The van der Waals surface area contributed by atoms with Gasteiger partial charge < -0.3 is 15.8 Å². The van der Waals surface area contributed by atoms with E-state index in [-0.39, 0.29) is 6.04 Å². The molecule has 1 unspecified atom stereocenters. The number of ether oxygens (including phenoxy) is 1. The van der Waals surface area contributed by atoms with E-state index in [1.807, 2.05) is 0 Å². The summed E-state index contributed by atoms with van der Waals surface area (Å²) in [7, 11) is 1.73. The summed E-state index contributed by atoms with van der Waals surface area (Å²) in [5, 5.41) is 3.47. The topological polar surface area (TPSA) is 47.3 Å². The second-order valence-corrected chi connectivity index (χ2v) is 5.67. The Balaban J connectivity index is 3.57. The van der Waals surface area contributed by atoms with Gasteiger partial charge in [0, 0.05) is 32.8 Å². The predicted octanol–water partition coefficient (Wildman–Crippen LogP) is 2.01. The van der Waals surface area contributed by atoms with E-state index < -0.39 is 0 Å². The standard InChI is InChI=1S/C13H30N2O/c1-11(2)13(3,4)10-15-9-12(14)7-6-8-16-5/h11-12,15H,6-10,14H2,1-5H3. The van der Waals surface area contributed by atoms with Crippen LogP contribution in [0.5, 0.6) is 0 Å². The van der Waals surface area contributed by atoms with Gasteiger partial charge in [0.2, 0.25) is 0 Å². The van der Waals surface area contributed by atoms with Crippen molar-refractivity contribution in [3.63, 3.8) is 0 Å². The summed E-state index contributed by atoms with van der Waals surface area (Å²) in [5.74, 6) is 0.685. The lowest BCUT2D eigenvalue weighted by Crippen LogP contribution is -2.40.